The van der Waals surface area contributed by atoms with Crippen LogP contribution in [0, 0.1) is 0 Å². The van der Waals surface area contributed by atoms with Gasteiger partial charge in [0.05, 0.1) is 0 Å². The number of urea groups is 1. The fourth-order valence-electron chi connectivity index (χ4n) is 0.891. The van der Waals surface area contributed by atoms with Crippen molar-refractivity contribution < 1.29 is 4.79 Å². The minimum atomic E-state index is -0.263. The summed E-state index contributed by atoms with van der Waals surface area (Å²) < 4.78 is 0. The number of carbonyl (C=O) groups is 1. The lowest BCUT2D eigenvalue weighted by atomic mass is 10.4. The highest BCUT2D eigenvalue weighted by Gasteiger charge is 2.10. The standard InChI is InChI=1S/C9H12N3O/c1-3-10-9(13)12(2)8-6-4-5-7-11-8/h4-7H,3H2,1-2H3. The number of carbonyl (C=O) groups excluding carboxylic acids is 1. The fourth-order valence-corrected chi connectivity index (χ4v) is 0.891. The van der Waals surface area contributed by atoms with E-state index in [0.29, 0.717) is 12.4 Å². The summed E-state index contributed by atoms with van der Waals surface area (Å²) in [5.41, 5.74) is 0. The number of rotatable bonds is 2. The molecule has 0 atom stereocenters. The Morgan fingerprint density at radius 2 is 2.38 bits per heavy atom. The van der Waals surface area contributed by atoms with E-state index in [1.54, 1.807) is 25.4 Å². The first-order valence-corrected chi connectivity index (χ1v) is 4.12. The van der Waals surface area contributed by atoms with E-state index >= 15 is 0 Å². The summed E-state index contributed by atoms with van der Waals surface area (Å²) in [6.45, 7) is 2.32. The minimum absolute atomic E-state index is 0.263. The zero-order chi connectivity index (χ0) is 9.68. The van der Waals surface area contributed by atoms with Gasteiger partial charge in [-0.2, -0.15) is 0 Å². The van der Waals surface area contributed by atoms with Crippen molar-refractivity contribution in [2.24, 2.45) is 0 Å². The number of pyridine rings is 1. The molecule has 13 heavy (non-hydrogen) atoms. The lowest BCUT2D eigenvalue weighted by Crippen LogP contribution is -2.32. The molecule has 0 unspecified atom stereocenters. The zero-order valence-corrected chi connectivity index (χ0v) is 7.77. The third kappa shape index (κ3) is 2.43. The van der Waals surface area contributed by atoms with Crippen LogP contribution in [0.5, 0.6) is 0 Å². The smallest absolute Gasteiger partial charge is 0.280 e. The van der Waals surface area contributed by atoms with Crippen LogP contribution in [0.1, 0.15) is 6.92 Å². The average Bonchev–Trinajstić information content (AvgIpc) is 2.18. The zero-order valence-electron chi connectivity index (χ0n) is 7.77. The second kappa shape index (κ2) is 4.45. The predicted molar refractivity (Wildman–Crippen MR) is 50.7 cm³/mol. The van der Waals surface area contributed by atoms with Gasteiger partial charge in [-0.3, -0.25) is 4.90 Å². The number of hydrogen-bond acceptors (Lipinski definition) is 2. The molecule has 0 aromatic carbocycles. The number of hydrogen-bond donors (Lipinski definition) is 0. The molecule has 0 aliphatic rings. The summed E-state index contributed by atoms with van der Waals surface area (Å²) >= 11 is 0. The van der Waals surface area contributed by atoms with Crippen LogP contribution >= 0.6 is 0 Å². The molecule has 0 N–H and O–H groups in total. The van der Waals surface area contributed by atoms with Crippen molar-refractivity contribution in [1.82, 2.24) is 10.3 Å². The van der Waals surface area contributed by atoms with Crippen molar-refractivity contribution in [3.8, 4) is 0 Å². The van der Waals surface area contributed by atoms with Gasteiger partial charge in [0.15, 0.2) is 0 Å². The van der Waals surface area contributed by atoms with Crippen molar-refractivity contribution in [2.45, 2.75) is 6.92 Å². The number of amides is 2. The molecular weight excluding hydrogens is 166 g/mol. The Morgan fingerprint density at radius 3 is 2.92 bits per heavy atom. The Labute approximate surface area is 77.6 Å². The third-order valence-corrected chi connectivity index (χ3v) is 1.57. The Bertz CT molecular complexity index is 273. The molecule has 69 valence electrons. The van der Waals surface area contributed by atoms with Crippen molar-refractivity contribution in [1.29, 1.82) is 0 Å². The van der Waals surface area contributed by atoms with Crippen molar-refractivity contribution in [2.75, 3.05) is 18.5 Å². The first kappa shape index (κ1) is 9.51. The lowest BCUT2D eigenvalue weighted by molar-refractivity contribution is 0.247. The molecule has 0 spiro atoms. The van der Waals surface area contributed by atoms with E-state index in [1.165, 1.54) is 4.90 Å². The van der Waals surface area contributed by atoms with E-state index in [0.717, 1.165) is 0 Å². The number of aromatic nitrogens is 1. The van der Waals surface area contributed by atoms with Gasteiger partial charge in [-0.25, -0.2) is 15.1 Å². The summed E-state index contributed by atoms with van der Waals surface area (Å²) in [7, 11) is 1.66. The van der Waals surface area contributed by atoms with Crippen LogP contribution in [0.15, 0.2) is 24.4 Å². The van der Waals surface area contributed by atoms with Gasteiger partial charge in [0.25, 0.3) is 0 Å². The highest BCUT2D eigenvalue weighted by molar-refractivity contribution is 5.89. The van der Waals surface area contributed by atoms with E-state index in [1.807, 2.05) is 13.0 Å². The molecule has 4 heteroatoms. The molecule has 2 amide bonds. The van der Waals surface area contributed by atoms with Gasteiger partial charge in [0.2, 0.25) is 0 Å². The maximum absolute atomic E-state index is 11.3. The molecule has 1 heterocycles. The Hall–Kier alpha value is -1.58. The van der Waals surface area contributed by atoms with Crippen LogP contribution in [0.3, 0.4) is 0 Å². The van der Waals surface area contributed by atoms with Gasteiger partial charge in [-0.05, 0) is 19.1 Å². The molecule has 0 aliphatic heterocycles. The van der Waals surface area contributed by atoms with Crippen molar-refractivity contribution >= 4 is 11.8 Å². The van der Waals surface area contributed by atoms with Crippen LogP contribution in [0.2, 0.25) is 0 Å². The molecule has 0 aliphatic carbocycles. The first-order chi connectivity index (χ1) is 6.25. The predicted octanol–water partition coefficient (Wildman–Crippen LogP) is 1.26. The van der Waals surface area contributed by atoms with Gasteiger partial charge in [-0.1, -0.05) is 6.07 Å². The van der Waals surface area contributed by atoms with Crippen LogP contribution in [-0.4, -0.2) is 24.6 Å². The largest absolute Gasteiger partial charge is 0.344 e. The third-order valence-electron chi connectivity index (χ3n) is 1.57. The molecule has 1 rings (SSSR count). The Balaban J connectivity index is 2.68. The second-order valence-electron chi connectivity index (χ2n) is 2.50. The van der Waals surface area contributed by atoms with Crippen LogP contribution < -0.4 is 10.2 Å². The molecule has 0 bridgehead atoms. The molecule has 0 saturated carbocycles. The van der Waals surface area contributed by atoms with Crippen LogP contribution in [0.25, 0.3) is 0 Å². The van der Waals surface area contributed by atoms with Gasteiger partial charge in [0.1, 0.15) is 5.82 Å². The quantitative estimate of drug-likeness (QED) is 0.684. The number of anilines is 1. The SMILES string of the molecule is CC[N]C(=O)N(C)c1ccccn1. The van der Waals surface area contributed by atoms with E-state index in [9.17, 15) is 4.79 Å². The van der Waals surface area contributed by atoms with E-state index in [-0.39, 0.29) is 6.03 Å². The van der Waals surface area contributed by atoms with E-state index in [2.05, 4.69) is 10.3 Å². The Kier molecular flexibility index (Phi) is 3.25. The maximum Gasteiger partial charge on any atom is 0.344 e. The minimum Gasteiger partial charge on any atom is -0.280 e. The number of nitrogens with zero attached hydrogens (tertiary/aromatic N) is 3. The van der Waals surface area contributed by atoms with Gasteiger partial charge in [0, 0.05) is 19.8 Å². The van der Waals surface area contributed by atoms with Crippen LogP contribution in [-0.2, 0) is 0 Å². The molecular formula is C9H12N3O. The lowest BCUT2D eigenvalue weighted by Gasteiger charge is -2.14. The van der Waals surface area contributed by atoms with Crippen LogP contribution in [0.4, 0.5) is 10.6 Å². The Morgan fingerprint density at radius 1 is 1.62 bits per heavy atom. The molecule has 4 nitrogen and oxygen atoms in total. The highest BCUT2D eigenvalue weighted by atomic mass is 16.2. The second-order valence-corrected chi connectivity index (χ2v) is 2.50. The summed E-state index contributed by atoms with van der Waals surface area (Å²) in [5, 5.41) is 3.75. The fraction of sp³-hybridized carbons (Fsp3) is 0.333. The summed E-state index contributed by atoms with van der Waals surface area (Å²) in [5.74, 6) is 0.615. The first-order valence-electron chi connectivity index (χ1n) is 4.12. The van der Waals surface area contributed by atoms with Gasteiger partial charge >= 0.3 is 6.03 Å². The topological polar surface area (TPSA) is 47.3 Å². The van der Waals surface area contributed by atoms with Gasteiger partial charge in [-0.15, -0.1) is 0 Å². The highest BCUT2D eigenvalue weighted by Crippen LogP contribution is 2.06. The molecule has 1 aromatic heterocycles. The summed E-state index contributed by atoms with van der Waals surface area (Å²) in [4.78, 5) is 16.7. The maximum atomic E-state index is 11.3. The monoisotopic (exact) mass is 178 g/mol. The summed E-state index contributed by atoms with van der Waals surface area (Å²) in [6.07, 6.45) is 1.64. The molecule has 1 radical (unpaired) electrons. The van der Waals surface area contributed by atoms with Gasteiger partial charge < -0.3 is 0 Å². The molecule has 0 fully saturated rings. The molecule has 0 saturated heterocycles. The molecule has 1 aromatic rings. The van der Waals surface area contributed by atoms with E-state index < -0.39 is 0 Å². The van der Waals surface area contributed by atoms with E-state index in [4.69, 9.17) is 0 Å². The summed E-state index contributed by atoms with van der Waals surface area (Å²) in [6, 6.07) is 5.14. The van der Waals surface area contributed by atoms with Crippen molar-refractivity contribution in [3.63, 3.8) is 0 Å². The average molecular weight is 178 g/mol. The normalized spacial score (nSPS) is 9.38. The van der Waals surface area contributed by atoms with Crippen molar-refractivity contribution in [3.05, 3.63) is 24.4 Å².